The maximum atomic E-state index is 12.5. The summed E-state index contributed by atoms with van der Waals surface area (Å²) in [5, 5.41) is 10.3. The van der Waals surface area contributed by atoms with Gasteiger partial charge in [-0.2, -0.15) is 11.3 Å². The number of fused-ring (bicyclic) bond motifs is 1. The zero-order chi connectivity index (χ0) is 19.9. The van der Waals surface area contributed by atoms with Crippen molar-refractivity contribution < 1.29 is 14.3 Å². The van der Waals surface area contributed by atoms with Gasteiger partial charge >= 0.3 is 6.03 Å². The summed E-state index contributed by atoms with van der Waals surface area (Å²) in [6, 6.07) is 7.79. The number of carbonyl (C=O) groups is 1. The van der Waals surface area contributed by atoms with E-state index in [1.807, 2.05) is 25.1 Å². The summed E-state index contributed by atoms with van der Waals surface area (Å²) in [5.41, 5.74) is 2.23. The third-order valence-corrected chi connectivity index (χ3v) is 5.75. The fourth-order valence-electron chi connectivity index (χ4n) is 3.44. The molecule has 0 fully saturated rings. The number of hydrogen-bond donors (Lipinski definition) is 2. The van der Waals surface area contributed by atoms with Crippen LogP contribution in [0.4, 0.5) is 4.79 Å². The summed E-state index contributed by atoms with van der Waals surface area (Å²) in [5.74, 6) is 1.49. The van der Waals surface area contributed by atoms with Crippen molar-refractivity contribution in [2.75, 3.05) is 32.8 Å². The Balaban J connectivity index is 1.58. The molecule has 1 aliphatic rings. The monoisotopic (exact) mass is 403 g/mol. The van der Waals surface area contributed by atoms with Gasteiger partial charge in [0, 0.05) is 6.54 Å². The molecule has 2 aromatic rings. The van der Waals surface area contributed by atoms with Crippen molar-refractivity contribution in [3.63, 3.8) is 0 Å². The lowest BCUT2D eigenvalue weighted by Crippen LogP contribution is -2.42. The molecule has 2 unspecified atom stereocenters. The Morgan fingerprint density at radius 2 is 1.89 bits per heavy atom. The zero-order valence-electron chi connectivity index (χ0n) is 16.7. The maximum absolute atomic E-state index is 12.5. The Bertz CT molecular complexity index is 762. The first-order valence-corrected chi connectivity index (χ1v) is 10.8. The number of thiophene rings is 1. The van der Waals surface area contributed by atoms with E-state index in [1.54, 1.807) is 11.3 Å². The number of amides is 2. The van der Waals surface area contributed by atoms with E-state index in [4.69, 9.17) is 9.47 Å². The fourth-order valence-corrected chi connectivity index (χ4v) is 4.14. The van der Waals surface area contributed by atoms with E-state index in [0.717, 1.165) is 30.2 Å². The number of carbonyl (C=O) groups excluding carboxylic acids is 1. The summed E-state index contributed by atoms with van der Waals surface area (Å²) < 4.78 is 11.2. The highest BCUT2D eigenvalue weighted by molar-refractivity contribution is 7.07. The van der Waals surface area contributed by atoms with E-state index in [1.165, 1.54) is 5.56 Å². The van der Waals surface area contributed by atoms with Crippen LogP contribution in [0.5, 0.6) is 11.5 Å². The summed E-state index contributed by atoms with van der Waals surface area (Å²) in [7, 11) is 0. The van der Waals surface area contributed by atoms with Gasteiger partial charge < -0.3 is 20.1 Å². The summed E-state index contributed by atoms with van der Waals surface area (Å²) in [6.45, 7) is 9.82. The summed E-state index contributed by atoms with van der Waals surface area (Å²) in [4.78, 5) is 14.8. The fraction of sp³-hybridized carbons (Fsp3) is 0.476. The Hall–Kier alpha value is -2.25. The number of hydrogen-bond acceptors (Lipinski definition) is 5. The molecule has 1 aromatic heterocycles. The minimum Gasteiger partial charge on any atom is -0.486 e. The van der Waals surface area contributed by atoms with Gasteiger partial charge in [-0.25, -0.2) is 4.79 Å². The molecule has 6 nitrogen and oxygen atoms in total. The van der Waals surface area contributed by atoms with Crippen LogP contribution < -0.4 is 20.1 Å². The number of ether oxygens (including phenoxy) is 2. The van der Waals surface area contributed by atoms with Crippen molar-refractivity contribution in [2.45, 2.75) is 32.9 Å². The number of nitrogens with zero attached hydrogens (tertiary/aromatic N) is 1. The van der Waals surface area contributed by atoms with Gasteiger partial charge in [0.2, 0.25) is 0 Å². The van der Waals surface area contributed by atoms with Crippen molar-refractivity contribution in [3.8, 4) is 11.5 Å². The van der Waals surface area contributed by atoms with Gasteiger partial charge in [-0.3, -0.25) is 4.90 Å². The summed E-state index contributed by atoms with van der Waals surface area (Å²) >= 11 is 1.68. The molecular weight excluding hydrogens is 374 g/mol. The molecule has 0 saturated carbocycles. The van der Waals surface area contributed by atoms with E-state index >= 15 is 0 Å². The number of urea groups is 1. The molecule has 1 aliphatic heterocycles. The Kier molecular flexibility index (Phi) is 7.17. The molecule has 0 saturated heterocycles. The lowest BCUT2D eigenvalue weighted by atomic mass is 10.1. The second-order valence-corrected chi connectivity index (χ2v) is 7.55. The minimum atomic E-state index is -0.172. The van der Waals surface area contributed by atoms with Crippen LogP contribution in [0.15, 0.2) is 35.0 Å². The van der Waals surface area contributed by atoms with Gasteiger partial charge in [0.05, 0.1) is 12.1 Å². The Labute approximate surface area is 170 Å². The average Bonchev–Trinajstić information content (AvgIpc) is 3.25. The smallest absolute Gasteiger partial charge is 0.315 e. The lowest BCUT2D eigenvalue weighted by Gasteiger charge is -2.29. The van der Waals surface area contributed by atoms with Crippen molar-refractivity contribution in [3.05, 3.63) is 46.2 Å². The van der Waals surface area contributed by atoms with Crippen LogP contribution in [0.1, 0.15) is 44.0 Å². The van der Waals surface area contributed by atoms with Crippen LogP contribution in [0.25, 0.3) is 0 Å². The van der Waals surface area contributed by atoms with Crippen LogP contribution in [-0.4, -0.2) is 43.8 Å². The average molecular weight is 404 g/mol. The predicted octanol–water partition coefficient (Wildman–Crippen LogP) is 3.96. The number of rotatable bonds is 8. The Morgan fingerprint density at radius 3 is 2.57 bits per heavy atom. The molecule has 2 N–H and O–H groups in total. The van der Waals surface area contributed by atoms with Gasteiger partial charge in [-0.1, -0.05) is 19.9 Å². The van der Waals surface area contributed by atoms with Crippen molar-refractivity contribution in [2.24, 2.45) is 0 Å². The highest BCUT2D eigenvalue weighted by Crippen LogP contribution is 2.32. The van der Waals surface area contributed by atoms with E-state index < -0.39 is 0 Å². The highest BCUT2D eigenvalue weighted by atomic mass is 32.1. The van der Waals surface area contributed by atoms with Crippen molar-refractivity contribution in [1.82, 2.24) is 15.5 Å². The highest BCUT2D eigenvalue weighted by Gasteiger charge is 2.20. The normalized spacial score (nSPS) is 15.1. The third-order valence-electron chi connectivity index (χ3n) is 5.05. The predicted molar refractivity (Wildman–Crippen MR) is 112 cm³/mol. The van der Waals surface area contributed by atoms with Gasteiger partial charge in [-0.15, -0.1) is 0 Å². The standard InChI is InChI=1S/C21H29N3O3S/c1-4-24(5-2)18(17-8-11-28-14-17)13-22-21(25)23-15(3)16-6-7-19-20(12-16)27-10-9-26-19/h6-8,11-12,14-15,18H,4-5,9-10,13H2,1-3H3,(H2,22,23,25). The lowest BCUT2D eigenvalue weighted by molar-refractivity contribution is 0.171. The SMILES string of the molecule is CCN(CC)C(CNC(=O)NC(C)c1ccc2c(c1)OCCO2)c1ccsc1. The molecule has 2 atom stereocenters. The van der Waals surface area contributed by atoms with Gasteiger partial charge in [0.25, 0.3) is 0 Å². The second-order valence-electron chi connectivity index (χ2n) is 6.77. The van der Waals surface area contributed by atoms with E-state index in [0.29, 0.717) is 19.8 Å². The number of nitrogens with one attached hydrogen (secondary N) is 2. The zero-order valence-corrected chi connectivity index (χ0v) is 17.6. The van der Waals surface area contributed by atoms with Crippen molar-refractivity contribution >= 4 is 17.4 Å². The molecule has 3 rings (SSSR count). The quantitative estimate of drug-likeness (QED) is 0.700. The molecule has 2 amide bonds. The third kappa shape index (κ3) is 4.97. The topological polar surface area (TPSA) is 62.8 Å². The largest absolute Gasteiger partial charge is 0.486 e. The number of likely N-dealkylation sites (N-methyl/N-ethyl adjacent to an activating group) is 1. The molecule has 2 heterocycles. The second kappa shape index (κ2) is 9.80. The van der Waals surface area contributed by atoms with E-state index in [-0.39, 0.29) is 18.1 Å². The van der Waals surface area contributed by atoms with Crippen LogP contribution in [0.2, 0.25) is 0 Å². The molecule has 0 radical (unpaired) electrons. The van der Waals surface area contributed by atoms with Gasteiger partial charge in [0.1, 0.15) is 13.2 Å². The van der Waals surface area contributed by atoms with Crippen LogP contribution in [0, 0.1) is 0 Å². The van der Waals surface area contributed by atoms with Crippen LogP contribution in [0.3, 0.4) is 0 Å². The van der Waals surface area contributed by atoms with Crippen molar-refractivity contribution in [1.29, 1.82) is 0 Å². The maximum Gasteiger partial charge on any atom is 0.315 e. The van der Waals surface area contributed by atoms with E-state index in [9.17, 15) is 4.79 Å². The molecule has 0 spiro atoms. The summed E-state index contributed by atoms with van der Waals surface area (Å²) in [6.07, 6.45) is 0. The molecule has 7 heteroatoms. The van der Waals surface area contributed by atoms with Gasteiger partial charge in [-0.05, 0) is 60.1 Å². The van der Waals surface area contributed by atoms with Crippen LogP contribution in [-0.2, 0) is 0 Å². The Morgan fingerprint density at radius 1 is 1.14 bits per heavy atom. The molecule has 152 valence electrons. The molecule has 1 aromatic carbocycles. The minimum absolute atomic E-state index is 0.135. The molecular formula is C21H29N3O3S. The molecule has 28 heavy (non-hydrogen) atoms. The first kappa shape index (κ1) is 20.5. The van der Waals surface area contributed by atoms with Crippen LogP contribution >= 0.6 is 11.3 Å². The first-order valence-electron chi connectivity index (χ1n) is 9.82. The van der Waals surface area contributed by atoms with E-state index in [2.05, 4.69) is 46.2 Å². The molecule has 0 bridgehead atoms. The van der Waals surface area contributed by atoms with Gasteiger partial charge in [0.15, 0.2) is 11.5 Å². The first-order chi connectivity index (χ1) is 13.6. The number of benzene rings is 1. The molecule has 0 aliphatic carbocycles.